The highest BCUT2D eigenvalue weighted by Gasteiger charge is 2.43. The molecule has 2 amide bonds. The second kappa shape index (κ2) is 10.4. The van der Waals surface area contributed by atoms with Crippen molar-refractivity contribution < 1.29 is 14.0 Å². The first-order chi connectivity index (χ1) is 16.0. The summed E-state index contributed by atoms with van der Waals surface area (Å²) in [4.78, 5) is 29.5. The van der Waals surface area contributed by atoms with E-state index in [1.165, 1.54) is 24.3 Å². The molecule has 0 saturated carbocycles. The van der Waals surface area contributed by atoms with Crippen LogP contribution < -0.4 is 5.32 Å². The lowest BCUT2D eigenvalue weighted by atomic mass is 10.1. The first-order valence-electron chi connectivity index (χ1n) is 10.8. The third kappa shape index (κ3) is 5.62. The van der Waals surface area contributed by atoms with Crippen LogP contribution in [0.15, 0.2) is 84.9 Å². The number of halogens is 1. The van der Waals surface area contributed by atoms with Gasteiger partial charge in [0, 0.05) is 12.2 Å². The first-order valence-corrected chi connectivity index (χ1v) is 11.2. The fourth-order valence-corrected chi connectivity index (χ4v) is 4.24. The van der Waals surface area contributed by atoms with Crippen LogP contribution in [0.5, 0.6) is 0 Å². The Morgan fingerprint density at radius 3 is 2.15 bits per heavy atom. The zero-order valence-electron chi connectivity index (χ0n) is 18.0. The molecule has 3 aromatic carbocycles. The Hall–Kier alpha value is -3.58. The molecule has 1 atom stereocenters. The van der Waals surface area contributed by atoms with Crippen molar-refractivity contribution in [2.75, 3.05) is 11.9 Å². The highest BCUT2D eigenvalue weighted by molar-refractivity contribution is 7.80. The summed E-state index contributed by atoms with van der Waals surface area (Å²) in [6.07, 6.45) is 0.653. The lowest BCUT2D eigenvalue weighted by Crippen LogP contribution is -2.39. The lowest BCUT2D eigenvalue weighted by Gasteiger charge is -2.24. The van der Waals surface area contributed by atoms with Crippen LogP contribution in [0.2, 0.25) is 0 Å². The zero-order chi connectivity index (χ0) is 23.2. The summed E-state index contributed by atoms with van der Waals surface area (Å²) in [6, 6.07) is 24.4. The van der Waals surface area contributed by atoms with Crippen molar-refractivity contribution in [2.24, 2.45) is 0 Å². The van der Waals surface area contributed by atoms with E-state index in [0.29, 0.717) is 30.3 Å². The largest absolute Gasteiger partial charge is 0.336 e. The van der Waals surface area contributed by atoms with Crippen molar-refractivity contribution in [3.8, 4) is 0 Å². The third-order valence-electron chi connectivity index (χ3n) is 5.58. The van der Waals surface area contributed by atoms with E-state index < -0.39 is 6.04 Å². The van der Waals surface area contributed by atoms with Crippen molar-refractivity contribution >= 4 is 34.8 Å². The van der Waals surface area contributed by atoms with Crippen LogP contribution in [0.25, 0.3) is 0 Å². The van der Waals surface area contributed by atoms with Crippen molar-refractivity contribution in [2.45, 2.75) is 25.4 Å². The lowest BCUT2D eigenvalue weighted by molar-refractivity contribution is -0.131. The molecule has 1 fully saturated rings. The molecular formula is C26H24FN3O2S. The topological polar surface area (TPSA) is 52.7 Å². The molecule has 0 bridgehead atoms. The number of hydrogen-bond acceptors (Lipinski definition) is 3. The van der Waals surface area contributed by atoms with Crippen molar-refractivity contribution in [3.63, 3.8) is 0 Å². The number of benzene rings is 3. The van der Waals surface area contributed by atoms with E-state index in [0.717, 1.165) is 11.1 Å². The number of carbonyl (C=O) groups excluding carboxylic acids is 2. The van der Waals surface area contributed by atoms with Gasteiger partial charge in [-0.1, -0.05) is 60.7 Å². The molecular weight excluding hydrogens is 437 g/mol. The summed E-state index contributed by atoms with van der Waals surface area (Å²) in [5.41, 5.74) is 2.57. The molecule has 0 spiro atoms. The number of hydrogen-bond donors (Lipinski definition) is 1. The molecule has 7 heteroatoms. The van der Waals surface area contributed by atoms with Gasteiger partial charge in [0.1, 0.15) is 11.9 Å². The quantitative estimate of drug-likeness (QED) is 0.506. The average molecular weight is 462 g/mol. The molecule has 168 valence electrons. The minimum absolute atomic E-state index is 0.0452. The third-order valence-corrected chi connectivity index (χ3v) is 6.03. The second-order valence-corrected chi connectivity index (χ2v) is 8.26. The van der Waals surface area contributed by atoms with E-state index in [2.05, 4.69) is 5.32 Å². The summed E-state index contributed by atoms with van der Waals surface area (Å²) in [7, 11) is 0. The molecule has 3 aromatic rings. The molecule has 33 heavy (non-hydrogen) atoms. The van der Waals surface area contributed by atoms with E-state index in [4.69, 9.17) is 12.2 Å². The molecule has 4 rings (SSSR count). The van der Waals surface area contributed by atoms with Gasteiger partial charge in [-0.15, -0.1) is 0 Å². The van der Waals surface area contributed by atoms with Crippen LogP contribution in [-0.4, -0.2) is 39.3 Å². The minimum Gasteiger partial charge on any atom is -0.336 e. The Bertz CT molecular complexity index is 1120. The molecule has 1 unspecified atom stereocenters. The molecule has 1 aliphatic rings. The van der Waals surface area contributed by atoms with Crippen LogP contribution in [0.1, 0.15) is 17.5 Å². The number of anilines is 1. The molecule has 0 aromatic heterocycles. The standard InChI is InChI=1S/C26H24FN3O2S/c27-21-11-13-22(14-12-21)28-24(31)17-23-25(32)30(18-20-9-5-2-6-10-20)26(33)29(23)16-15-19-7-3-1-4-8-19/h1-14,23H,15-18H2,(H,28,31). The van der Waals surface area contributed by atoms with Crippen molar-refractivity contribution in [3.05, 3.63) is 102 Å². The Morgan fingerprint density at radius 1 is 0.909 bits per heavy atom. The maximum atomic E-state index is 13.3. The number of amides is 2. The fraction of sp³-hybridized carbons (Fsp3) is 0.192. The van der Waals surface area contributed by atoms with Gasteiger partial charge in [0.15, 0.2) is 5.11 Å². The summed E-state index contributed by atoms with van der Waals surface area (Å²) in [5, 5.41) is 3.17. The van der Waals surface area contributed by atoms with Crippen LogP contribution in [0, 0.1) is 5.82 Å². The highest BCUT2D eigenvalue weighted by Crippen LogP contribution is 2.24. The Balaban J connectivity index is 1.50. The predicted octanol–water partition coefficient (Wildman–Crippen LogP) is 4.39. The molecule has 1 saturated heterocycles. The predicted molar refractivity (Wildman–Crippen MR) is 130 cm³/mol. The zero-order valence-corrected chi connectivity index (χ0v) is 18.8. The Labute approximate surface area is 197 Å². The average Bonchev–Trinajstić information content (AvgIpc) is 3.04. The van der Waals surface area contributed by atoms with Gasteiger partial charge in [0.05, 0.1) is 13.0 Å². The van der Waals surface area contributed by atoms with E-state index >= 15 is 0 Å². The van der Waals surface area contributed by atoms with Gasteiger partial charge in [-0.05, 0) is 54.0 Å². The van der Waals surface area contributed by atoms with Gasteiger partial charge in [0.2, 0.25) is 5.91 Å². The van der Waals surface area contributed by atoms with Gasteiger partial charge >= 0.3 is 0 Å². The number of thiocarbonyl (C=S) groups is 1. The smallest absolute Gasteiger partial charge is 0.252 e. The monoisotopic (exact) mass is 461 g/mol. The summed E-state index contributed by atoms with van der Waals surface area (Å²) < 4.78 is 13.2. The Kier molecular flexibility index (Phi) is 7.10. The molecule has 0 radical (unpaired) electrons. The van der Waals surface area contributed by atoms with Crippen molar-refractivity contribution in [1.29, 1.82) is 0 Å². The summed E-state index contributed by atoms with van der Waals surface area (Å²) in [5.74, 6) is -0.895. The van der Waals surface area contributed by atoms with Crippen LogP contribution in [0.4, 0.5) is 10.1 Å². The number of nitrogens with zero attached hydrogens (tertiary/aromatic N) is 2. The molecule has 1 heterocycles. The normalized spacial score (nSPS) is 15.7. The maximum Gasteiger partial charge on any atom is 0.252 e. The number of nitrogens with one attached hydrogen (secondary N) is 1. The number of carbonyl (C=O) groups is 2. The second-order valence-electron chi connectivity index (χ2n) is 7.90. The Morgan fingerprint density at radius 2 is 1.52 bits per heavy atom. The van der Waals surface area contributed by atoms with Crippen molar-refractivity contribution in [1.82, 2.24) is 9.80 Å². The molecule has 5 nitrogen and oxygen atoms in total. The SMILES string of the molecule is O=C(CC1C(=O)N(Cc2ccccc2)C(=S)N1CCc1ccccc1)Nc1ccc(F)cc1. The number of rotatable bonds is 8. The van der Waals surface area contributed by atoms with Crippen LogP contribution >= 0.6 is 12.2 Å². The van der Waals surface area contributed by atoms with E-state index in [9.17, 15) is 14.0 Å². The summed E-state index contributed by atoms with van der Waals surface area (Å²) in [6.45, 7) is 0.880. The highest BCUT2D eigenvalue weighted by atomic mass is 32.1. The van der Waals surface area contributed by atoms with Crippen LogP contribution in [0.3, 0.4) is 0 Å². The maximum absolute atomic E-state index is 13.3. The van der Waals surface area contributed by atoms with Gasteiger partial charge < -0.3 is 10.2 Å². The van der Waals surface area contributed by atoms with Gasteiger partial charge in [0.25, 0.3) is 5.91 Å². The summed E-state index contributed by atoms with van der Waals surface area (Å²) >= 11 is 5.69. The fourth-order valence-electron chi connectivity index (χ4n) is 3.87. The van der Waals surface area contributed by atoms with Gasteiger partial charge in [-0.25, -0.2) is 4.39 Å². The van der Waals surface area contributed by atoms with Gasteiger partial charge in [-0.2, -0.15) is 0 Å². The van der Waals surface area contributed by atoms with E-state index in [1.54, 1.807) is 4.90 Å². The van der Waals surface area contributed by atoms with Crippen LogP contribution in [-0.2, 0) is 22.6 Å². The molecule has 0 aliphatic carbocycles. The van der Waals surface area contributed by atoms with Gasteiger partial charge in [-0.3, -0.25) is 14.5 Å². The van der Waals surface area contributed by atoms with E-state index in [1.807, 2.05) is 65.6 Å². The van der Waals surface area contributed by atoms with E-state index in [-0.39, 0.29) is 24.1 Å². The first kappa shape index (κ1) is 22.6. The molecule has 1 aliphatic heterocycles. The minimum atomic E-state index is -0.689. The molecule has 1 N–H and O–H groups in total.